The van der Waals surface area contributed by atoms with Gasteiger partial charge in [0, 0.05) is 18.4 Å². The van der Waals surface area contributed by atoms with Gasteiger partial charge in [0.15, 0.2) is 5.60 Å². The predicted octanol–water partition coefficient (Wildman–Crippen LogP) is 1.34. The third-order valence-electron chi connectivity index (χ3n) is 5.09. The number of carbonyl (C=O) groups is 4. The average Bonchev–Trinajstić information content (AvgIpc) is 2.62. The van der Waals surface area contributed by atoms with Gasteiger partial charge in [0.1, 0.15) is 5.78 Å². The van der Waals surface area contributed by atoms with Crippen molar-refractivity contribution in [1.29, 1.82) is 0 Å². The van der Waals surface area contributed by atoms with Crippen LogP contribution >= 0.6 is 0 Å². The van der Waals surface area contributed by atoms with Gasteiger partial charge in [-0.25, -0.2) is 4.79 Å². The molecule has 0 heterocycles. The molecule has 1 aromatic rings. The molecule has 1 aliphatic carbocycles. The van der Waals surface area contributed by atoms with E-state index < -0.39 is 36.4 Å². The molecule has 29 heavy (non-hydrogen) atoms. The minimum atomic E-state index is -2.74. The molecule has 0 radical (unpaired) electrons. The van der Waals surface area contributed by atoms with Crippen LogP contribution in [0.2, 0.25) is 0 Å². The molecule has 0 saturated heterocycles. The number of Topliss-reactive ketones (excluding diaryl/α,β-unsaturated/α-hetero) is 1. The van der Waals surface area contributed by atoms with E-state index in [0.717, 1.165) is 12.8 Å². The van der Waals surface area contributed by atoms with Crippen LogP contribution in [-0.4, -0.2) is 68.7 Å². The second kappa shape index (κ2) is 10.1. The summed E-state index contributed by atoms with van der Waals surface area (Å²) in [6, 6.07) is 10.6. The van der Waals surface area contributed by atoms with Crippen molar-refractivity contribution in [3.05, 3.63) is 35.9 Å². The van der Waals surface area contributed by atoms with Gasteiger partial charge < -0.3 is 20.4 Å². The number of hydrogen-bond acceptors (Lipinski definition) is 6. The van der Waals surface area contributed by atoms with Gasteiger partial charge >= 0.3 is 17.9 Å². The normalized spacial score (nSPS) is 15.9. The van der Waals surface area contributed by atoms with E-state index in [9.17, 15) is 19.2 Å². The lowest BCUT2D eigenvalue weighted by molar-refractivity contribution is -0.170. The Morgan fingerprint density at radius 2 is 1.41 bits per heavy atom. The van der Waals surface area contributed by atoms with Crippen LogP contribution in [0, 0.1) is 0 Å². The quantitative estimate of drug-likeness (QED) is 0.522. The van der Waals surface area contributed by atoms with E-state index >= 15 is 0 Å². The number of carbonyl (C=O) groups excluding carboxylic acids is 1. The summed E-state index contributed by atoms with van der Waals surface area (Å²) in [5.74, 6) is -4.61. The molecule has 1 saturated carbocycles. The maximum Gasteiger partial charge on any atom is 0.336 e. The second-order valence-corrected chi connectivity index (χ2v) is 7.31. The van der Waals surface area contributed by atoms with Crippen LogP contribution in [-0.2, 0) is 24.7 Å². The number of aliphatic carboxylic acids is 3. The van der Waals surface area contributed by atoms with Gasteiger partial charge in [-0.1, -0.05) is 30.3 Å². The third-order valence-corrected chi connectivity index (χ3v) is 5.09. The SMILES string of the molecule is CN(C)C1(c2ccccc2)CCC(=O)CC1.O=C(O)CC(O)(CC(=O)O)C(=O)O. The van der Waals surface area contributed by atoms with Crippen LogP contribution in [0.15, 0.2) is 30.3 Å². The number of carboxylic acid groups (broad SMARTS) is 3. The number of nitrogens with zero attached hydrogens (tertiary/aromatic N) is 1. The lowest BCUT2D eigenvalue weighted by atomic mass is 9.75. The fourth-order valence-electron chi connectivity index (χ4n) is 3.40. The highest BCUT2D eigenvalue weighted by Gasteiger charge is 2.41. The van der Waals surface area contributed by atoms with Crippen molar-refractivity contribution in [2.45, 2.75) is 49.7 Å². The summed E-state index contributed by atoms with van der Waals surface area (Å²) in [4.78, 5) is 44.1. The highest BCUT2D eigenvalue weighted by molar-refractivity contribution is 5.88. The van der Waals surface area contributed by atoms with Gasteiger partial charge in [-0.15, -0.1) is 0 Å². The lowest BCUT2D eigenvalue weighted by Gasteiger charge is -2.43. The summed E-state index contributed by atoms with van der Waals surface area (Å²) in [5.41, 5.74) is -1.33. The maximum atomic E-state index is 11.4. The topological polar surface area (TPSA) is 152 Å². The molecule has 0 spiro atoms. The lowest BCUT2D eigenvalue weighted by Crippen LogP contribution is -2.44. The van der Waals surface area contributed by atoms with Crippen molar-refractivity contribution < 1.29 is 39.6 Å². The Morgan fingerprint density at radius 1 is 0.966 bits per heavy atom. The molecule has 0 aromatic heterocycles. The second-order valence-electron chi connectivity index (χ2n) is 7.31. The van der Waals surface area contributed by atoms with E-state index in [4.69, 9.17) is 20.4 Å². The van der Waals surface area contributed by atoms with Crippen LogP contribution in [0.5, 0.6) is 0 Å². The molecule has 2 rings (SSSR count). The first-order chi connectivity index (χ1) is 13.4. The summed E-state index contributed by atoms with van der Waals surface area (Å²) in [6.07, 6.45) is 1.04. The smallest absolute Gasteiger partial charge is 0.336 e. The molecule has 9 heteroatoms. The highest BCUT2D eigenvalue weighted by atomic mass is 16.4. The van der Waals surface area contributed by atoms with Gasteiger partial charge in [0.05, 0.1) is 12.8 Å². The van der Waals surface area contributed by atoms with E-state index in [1.165, 1.54) is 5.56 Å². The number of benzene rings is 1. The molecule has 9 nitrogen and oxygen atoms in total. The largest absolute Gasteiger partial charge is 0.481 e. The Bertz CT molecular complexity index is 718. The third kappa shape index (κ3) is 6.65. The van der Waals surface area contributed by atoms with Crippen molar-refractivity contribution in [2.75, 3.05) is 14.1 Å². The molecule has 0 unspecified atom stereocenters. The predicted molar refractivity (Wildman–Crippen MR) is 102 cm³/mol. The number of rotatable bonds is 7. The van der Waals surface area contributed by atoms with E-state index in [0.29, 0.717) is 18.6 Å². The standard InChI is InChI=1S/C14H19NO.C6H8O7/c1-15(2)14(10-8-13(16)9-11-14)12-6-4-3-5-7-12;7-3(8)1-6(13,5(11)12)2-4(9)10/h3-7H,8-11H2,1-2H3;13H,1-2H2,(H,7,8)(H,9,10)(H,11,12). The molecular formula is C20H27NO8. The first kappa shape index (κ1) is 24.3. The monoisotopic (exact) mass is 409 g/mol. The van der Waals surface area contributed by atoms with E-state index in [1.807, 2.05) is 6.07 Å². The van der Waals surface area contributed by atoms with Crippen LogP contribution in [0.25, 0.3) is 0 Å². The maximum absolute atomic E-state index is 11.4. The Kier molecular flexibility index (Phi) is 8.47. The summed E-state index contributed by atoms with van der Waals surface area (Å²) in [7, 11) is 4.23. The van der Waals surface area contributed by atoms with E-state index in [2.05, 4.69) is 43.3 Å². The zero-order chi connectivity index (χ0) is 22.2. The fourth-order valence-corrected chi connectivity index (χ4v) is 3.40. The van der Waals surface area contributed by atoms with Crippen molar-refractivity contribution in [1.82, 2.24) is 4.90 Å². The molecule has 0 amide bonds. The Balaban J connectivity index is 0.000000298. The molecular weight excluding hydrogens is 382 g/mol. The van der Waals surface area contributed by atoms with Gasteiger partial charge in [-0.2, -0.15) is 0 Å². The summed E-state index contributed by atoms with van der Waals surface area (Å²) >= 11 is 0. The van der Waals surface area contributed by atoms with Crippen molar-refractivity contribution in [3.8, 4) is 0 Å². The van der Waals surface area contributed by atoms with Crippen LogP contribution in [0.1, 0.15) is 44.1 Å². The van der Waals surface area contributed by atoms with E-state index in [1.54, 1.807) is 0 Å². The number of hydrogen-bond donors (Lipinski definition) is 4. The molecule has 0 aliphatic heterocycles. The van der Waals surface area contributed by atoms with Crippen LogP contribution in [0.3, 0.4) is 0 Å². The molecule has 0 bridgehead atoms. The van der Waals surface area contributed by atoms with Crippen molar-refractivity contribution >= 4 is 23.7 Å². The molecule has 1 fully saturated rings. The Hall–Kier alpha value is -2.78. The average molecular weight is 409 g/mol. The van der Waals surface area contributed by atoms with Crippen molar-refractivity contribution in [3.63, 3.8) is 0 Å². The van der Waals surface area contributed by atoms with E-state index in [-0.39, 0.29) is 5.54 Å². The first-order valence-corrected chi connectivity index (χ1v) is 9.07. The van der Waals surface area contributed by atoms with Gasteiger partial charge in [-0.05, 0) is 32.5 Å². The van der Waals surface area contributed by atoms with Gasteiger partial charge in [0.2, 0.25) is 0 Å². The highest BCUT2D eigenvalue weighted by Crippen LogP contribution is 2.39. The number of carboxylic acids is 3. The molecule has 4 N–H and O–H groups in total. The summed E-state index contributed by atoms with van der Waals surface area (Å²) < 4.78 is 0. The zero-order valence-corrected chi connectivity index (χ0v) is 16.5. The summed E-state index contributed by atoms with van der Waals surface area (Å²) in [6.45, 7) is 0. The molecule has 160 valence electrons. The first-order valence-electron chi connectivity index (χ1n) is 9.07. The van der Waals surface area contributed by atoms with Crippen molar-refractivity contribution in [2.24, 2.45) is 0 Å². The fraction of sp³-hybridized carbons (Fsp3) is 0.500. The summed E-state index contributed by atoms with van der Waals surface area (Å²) in [5, 5.41) is 33.8. The van der Waals surface area contributed by atoms with Gasteiger partial charge in [-0.3, -0.25) is 19.3 Å². The van der Waals surface area contributed by atoms with Gasteiger partial charge in [0.25, 0.3) is 0 Å². The Labute approximate surface area is 168 Å². The molecule has 1 aromatic carbocycles. The molecule has 0 atom stereocenters. The van der Waals surface area contributed by atoms with Crippen LogP contribution in [0.4, 0.5) is 0 Å². The Morgan fingerprint density at radius 3 is 1.76 bits per heavy atom. The van der Waals surface area contributed by atoms with Crippen LogP contribution < -0.4 is 0 Å². The zero-order valence-electron chi connectivity index (χ0n) is 16.5. The number of aliphatic hydroxyl groups is 1. The number of ketones is 1. The minimum Gasteiger partial charge on any atom is -0.481 e. The minimum absolute atomic E-state index is 0.0647. The molecule has 1 aliphatic rings.